The second-order valence-corrected chi connectivity index (χ2v) is 6.84. The van der Waals surface area contributed by atoms with Crippen molar-refractivity contribution in [1.29, 1.82) is 0 Å². The molecule has 3 nitrogen and oxygen atoms in total. The van der Waals surface area contributed by atoms with Gasteiger partial charge in [-0.2, -0.15) is 0 Å². The fourth-order valence-electron chi connectivity index (χ4n) is 3.51. The van der Waals surface area contributed by atoms with Crippen LogP contribution in [0.3, 0.4) is 0 Å². The van der Waals surface area contributed by atoms with Crippen molar-refractivity contribution in [3.05, 3.63) is 108 Å². The third-order valence-electron chi connectivity index (χ3n) is 4.89. The Morgan fingerprint density at radius 1 is 0.786 bits per heavy atom. The summed E-state index contributed by atoms with van der Waals surface area (Å²) in [4.78, 5) is 10.5. The lowest BCUT2D eigenvalue weighted by molar-refractivity contribution is -0.108. The van der Waals surface area contributed by atoms with E-state index in [1.807, 2.05) is 54.6 Å². The molecule has 3 heteroatoms. The molecule has 0 saturated carbocycles. The van der Waals surface area contributed by atoms with Crippen molar-refractivity contribution >= 4 is 6.29 Å². The molecule has 0 bridgehead atoms. The maximum Gasteiger partial charge on any atom is 0.143 e. The summed E-state index contributed by atoms with van der Waals surface area (Å²) in [5, 5.41) is 10.4. The predicted molar refractivity (Wildman–Crippen MR) is 111 cm³/mol. The number of rotatable bonds is 10. The zero-order valence-corrected chi connectivity index (χ0v) is 15.9. The molecule has 0 aliphatic carbocycles. The van der Waals surface area contributed by atoms with Gasteiger partial charge in [-0.05, 0) is 29.5 Å². The van der Waals surface area contributed by atoms with Gasteiger partial charge in [0.1, 0.15) is 11.9 Å². The molecular formula is C25H26O3. The molecule has 0 spiro atoms. The van der Waals surface area contributed by atoms with Crippen LogP contribution < -0.4 is 0 Å². The van der Waals surface area contributed by atoms with Crippen LogP contribution in [0.2, 0.25) is 0 Å². The number of benzene rings is 3. The molecule has 0 heterocycles. The zero-order chi connectivity index (χ0) is 19.7. The molecule has 3 aromatic rings. The van der Waals surface area contributed by atoms with Crippen LogP contribution in [0, 0.1) is 0 Å². The summed E-state index contributed by atoms with van der Waals surface area (Å²) >= 11 is 0. The van der Waals surface area contributed by atoms with Crippen molar-refractivity contribution in [3.8, 4) is 0 Å². The molecule has 0 radical (unpaired) electrons. The van der Waals surface area contributed by atoms with E-state index < -0.39 is 11.7 Å². The van der Waals surface area contributed by atoms with E-state index in [0.29, 0.717) is 19.3 Å². The van der Waals surface area contributed by atoms with E-state index in [2.05, 4.69) is 36.4 Å². The molecule has 0 saturated heterocycles. The molecule has 28 heavy (non-hydrogen) atoms. The number of hydrogen-bond acceptors (Lipinski definition) is 3. The Morgan fingerprint density at radius 3 is 1.61 bits per heavy atom. The highest BCUT2D eigenvalue weighted by molar-refractivity contribution is 5.49. The average molecular weight is 374 g/mol. The largest absolute Gasteiger partial charge is 0.391 e. The minimum Gasteiger partial charge on any atom is -0.391 e. The smallest absolute Gasteiger partial charge is 0.143 e. The lowest BCUT2D eigenvalue weighted by Gasteiger charge is -2.36. The molecular weight excluding hydrogens is 348 g/mol. The molecule has 144 valence electrons. The van der Waals surface area contributed by atoms with E-state index in [1.165, 1.54) is 0 Å². The summed E-state index contributed by atoms with van der Waals surface area (Å²) in [5.41, 5.74) is 2.20. The quantitative estimate of drug-likeness (QED) is 0.317. The van der Waals surface area contributed by atoms with Gasteiger partial charge in [0.15, 0.2) is 0 Å². The Balaban J connectivity index is 2.03. The highest BCUT2D eigenvalue weighted by Crippen LogP contribution is 2.40. The standard InChI is InChI=1S/C25H26O3/c26-19-11-10-18-24(27)20-28-25(21-12-4-1-5-13-21,22-14-6-2-7-15-22)23-16-8-3-9-17-23/h1-9,12-17,19,24,27H,10-11,18,20H2. The summed E-state index contributed by atoms with van der Waals surface area (Å²) < 4.78 is 6.54. The van der Waals surface area contributed by atoms with E-state index >= 15 is 0 Å². The second-order valence-electron chi connectivity index (χ2n) is 6.84. The topological polar surface area (TPSA) is 46.5 Å². The average Bonchev–Trinajstić information content (AvgIpc) is 2.77. The Labute approximate surface area is 166 Å². The molecule has 0 aliphatic rings. The number of aldehydes is 1. The number of carbonyl (C=O) groups is 1. The monoisotopic (exact) mass is 374 g/mol. The number of aliphatic hydroxyl groups is 1. The third kappa shape index (κ3) is 4.56. The van der Waals surface area contributed by atoms with Gasteiger partial charge in [0.2, 0.25) is 0 Å². The minimum absolute atomic E-state index is 0.178. The predicted octanol–water partition coefficient (Wildman–Crippen LogP) is 4.73. The van der Waals surface area contributed by atoms with Crippen molar-refractivity contribution in [2.24, 2.45) is 0 Å². The van der Waals surface area contributed by atoms with Crippen molar-refractivity contribution in [3.63, 3.8) is 0 Å². The zero-order valence-electron chi connectivity index (χ0n) is 15.9. The van der Waals surface area contributed by atoms with Crippen LogP contribution in [0.5, 0.6) is 0 Å². The van der Waals surface area contributed by atoms with Crippen molar-refractivity contribution in [1.82, 2.24) is 0 Å². The van der Waals surface area contributed by atoms with Crippen LogP contribution in [0.25, 0.3) is 0 Å². The summed E-state index contributed by atoms with van der Waals surface area (Å²) in [6.45, 7) is 0.178. The van der Waals surface area contributed by atoms with E-state index in [1.54, 1.807) is 0 Å². The molecule has 1 unspecified atom stereocenters. The first-order chi connectivity index (χ1) is 13.8. The maximum absolute atomic E-state index is 10.5. The molecule has 0 fully saturated rings. The fourth-order valence-corrected chi connectivity index (χ4v) is 3.51. The SMILES string of the molecule is O=CCCCC(O)COC(c1ccccc1)(c1ccccc1)c1ccccc1. The van der Waals surface area contributed by atoms with Gasteiger partial charge >= 0.3 is 0 Å². The Morgan fingerprint density at radius 2 is 1.21 bits per heavy atom. The molecule has 0 aliphatic heterocycles. The number of unbranched alkanes of at least 4 members (excludes halogenated alkanes) is 1. The van der Waals surface area contributed by atoms with Gasteiger partial charge in [-0.15, -0.1) is 0 Å². The number of ether oxygens (including phenoxy) is 1. The third-order valence-corrected chi connectivity index (χ3v) is 4.89. The van der Waals surface area contributed by atoms with E-state index in [0.717, 1.165) is 23.0 Å². The van der Waals surface area contributed by atoms with E-state index in [9.17, 15) is 9.90 Å². The fraction of sp³-hybridized carbons (Fsp3) is 0.240. The molecule has 3 aromatic carbocycles. The molecule has 0 aromatic heterocycles. The number of carbonyl (C=O) groups excluding carboxylic acids is 1. The van der Waals surface area contributed by atoms with Crippen LogP contribution in [0.1, 0.15) is 36.0 Å². The summed E-state index contributed by atoms with van der Waals surface area (Å²) in [6, 6.07) is 30.3. The van der Waals surface area contributed by atoms with Gasteiger partial charge in [0, 0.05) is 6.42 Å². The second kappa shape index (κ2) is 9.98. The first-order valence-electron chi connectivity index (χ1n) is 9.69. The van der Waals surface area contributed by atoms with E-state index in [4.69, 9.17) is 4.74 Å². The van der Waals surface area contributed by atoms with Gasteiger partial charge in [-0.3, -0.25) is 0 Å². The first-order valence-corrected chi connectivity index (χ1v) is 9.69. The van der Waals surface area contributed by atoms with Crippen LogP contribution in [-0.2, 0) is 15.1 Å². The van der Waals surface area contributed by atoms with Crippen LogP contribution in [-0.4, -0.2) is 24.1 Å². The van der Waals surface area contributed by atoms with Crippen LogP contribution >= 0.6 is 0 Å². The highest BCUT2D eigenvalue weighted by atomic mass is 16.5. The van der Waals surface area contributed by atoms with Gasteiger partial charge in [-0.25, -0.2) is 0 Å². The highest BCUT2D eigenvalue weighted by Gasteiger charge is 2.37. The molecule has 1 N–H and O–H groups in total. The van der Waals surface area contributed by atoms with Crippen molar-refractivity contribution in [2.75, 3.05) is 6.61 Å². The van der Waals surface area contributed by atoms with Crippen molar-refractivity contribution < 1.29 is 14.6 Å². The summed E-state index contributed by atoms with van der Waals surface area (Å²) in [6.07, 6.45) is 1.90. The first kappa shape index (κ1) is 20.0. The van der Waals surface area contributed by atoms with Crippen LogP contribution in [0.15, 0.2) is 91.0 Å². The van der Waals surface area contributed by atoms with E-state index in [-0.39, 0.29) is 6.61 Å². The number of aliphatic hydroxyl groups excluding tert-OH is 1. The normalized spacial score (nSPS) is 12.5. The minimum atomic E-state index is -0.824. The Hall–Kier alpha value is -2.75. The molecule has 1 atom stereocenters. The number of hydrogen-bond donors (Lipinski definition) is 1. The van der Waals surface area contributed by atoms with Crippen molar-refractivity contribution in [2.45, 2.75) is 31.0 Å². The lowest BCUT2D eigenvalue weighted by atomic mass is 9.80. The Kier molecular flexibility index (Phi) is 7.12. The van der Waals surface area contributed by atoms with Crippen LogP contribution in [0.4, 0.5) is 0 Å². The summed E-state index contributed by atoms with van der Waals surface area (Å²) in [7, 11) is 0. The van der Waals surface area contributed by atoms with Gasteiger partial charge in [-0.1, -0.05) is 91.0 Å². The lowest BCUT2D eigenvalue weighted by Crippen LogP contribution is -2.35. The molecule has 3 rings (SSSR count). The maximum atomic E-state index is 10.5. The Bertz CT molecular complexity index is 735. The van der Waals surface area contributed by atoms with Gasteiger partial charge in [0.25, 0.3) is 0 Å². The van der Waals surface area contributed by atoms with Gasteiger partial charge < -0.3 is 14.6 Å². The molecule has 0 amide bonds. The van der Waals surface area contributed by atoms with Gasteiger partial charge in [0.05, 0.1) is 12.7 Å². The summed E-state index contributed by atoms with van der Waals surface area (Å²) in [5.74, 6) is 0.